The summed E-state index contributed by atoms with van der Waals surface area (Å²) in [7, 11) is 1.67. The molecule has 0 spiro atoms. The quantitative estimate of drug-likeness (QED) is 0.923. The van der Waals surface area contributed by atoms with Crippen LogP contribution in [0.25, 0.3) is 0 Å². The van der Waals surface area contributed by atoms with E-state index in [0.29, 0.717) is 22.1 Å². The van der Waals surface area contributed by atoms with Gasteiger partial charge >= 0.3 is 0 Å². The van der Waals surface area contributed by atoms with E-state index in [4.69, 9.17) is 4.74 Å². The van der Waals surface area contributed by atoms with Crippen LogP contribution in [0.15, 0.2) is 23.6 Å². The summed E-state index contributed by atoms with van der Waals surface area (Å²) in [5, 5.41) is 5.16. The lowest BCUT2D eigenvalue weighted by Crippen LogP contribution is -2.42. The second-order valence-electron chi connectivity index (χ2n) is 5.09. The fraction of sp³-hybridized carbons (Fsp3) is 0.267. The van der Waals surface area contributed by atoms with Gasteiger partial charge in [-0.3, -0.25) is 14.9 Å². The van der Waals surface area contributed by atoms with Gasteiger partial charge in [0.2, 0.25) is 0 Å². The molecule has 6 nitrogen and oxygen atoms in total. The maximum atomic E-state index is 12.3. The van der Waals surface area contributed by atoms with Crippen molar-refractivity contribution in [3.63, 3.8) is 0 Å². The van der Waals surface area contributed by atoms with Crippen molar-refractivity contribution in [2.24, 2.45) is 0 Å². The molecule has 2 aromatic rings. The molecule has 0 fully saturated rings. The van der Waals surface area contributed by atoms with Crippen molar-refractivity contribution in [2.75, 3.05) is 17.3 Å². The number of benzene rings is 1. The molecule has 1 aromatic carbocycles. The third kappa shape index (κ3) is 2.55. The largest absolute Gasteiger partial charge is 0.479 e. The van der Waals surface area contributed by atoms with E-state index in [1.807, 2.05) is 12.3 Å². The average Bonchev–Trinajstić information content (AvgIpc) is 2.90. The number of anilines is 2. The van der Waals surface area contributed by atoms with Gasteiger partial charge in [0.1, 0.15) is 5.75 Å². The highest BCUT2D eigenvalue weighted by Crippen LogP contribution is 2.34. The zero-order valence-corrected chi connectivity index (χ0v) is 13.2. The Morgan fingerprint density at radius 2 is 2.23 bits per heavy atom. The van der Waals surface area contributed by atoms with Gasteiger partial charge in [-0.25, -0.2) is 4.98 Å². The van der Waals surface area contributed by atoms with Crippen molar-refractivity contribution in [3.05, 3.63) is 34.8 Å². The Balaban J connectivity index is 1.87. The van der Waals surface area contributed by atoms with Gasteiger partial charge in [-0.1, -0.05) is 0 Å². The first-order valence-electron chi connectivity index (χ1n) is 6.77. The van der Waals surface area contributed by atoms with Crippen LogP contribution in [0.1, 0.15) is 23.0 Å². The summed E-state index contributed by atoms with van der Waals surface area (Å²) in [5.41, 5.74) is 1.90. The highest BCUT2D eigenvalue weighted by Gasteiger charge is 2.29. The van der Waals surface area contributed by atoms with Gasteiger partial charge in [0.25, 0.3) is 11.8 Å². The smallest absolute Gasteiger partial charge is 0.267 e. The number of nitrogens with zero attached hydrogens (tertiary/aromatic N) is 2. The first-order valence-corrected chi connectivity index (χ1v) is 7.65. The van der Waals surface area contributed by atoms with Crippen molar-refractivity contribution in [1.29, 1.82) is 0 Å². The molecule has 22 heavy (non-hydrogen) atoms. The summed E-state index contributed by atoms with van der Waals surface area (Å²) in [5.74, 6) is 0.188. The molecule has 0 bridgehead atoms. The lowest BCUT2D eigenvalue weighted by atomic mass is 10.1. The first kappa shape index (κ1) is 14.5. The third-order valence-electron chi connectivity index (χ3n) is 3.40. The molecule has 7 heteroatoms. The second-order valence-corrected chi connectivity index (χ2v) is 5.95. The van der Waals surface area contributed by atoms with Gasteiger partial charge in [0.05, 0.1) is 11.4 Å². The zero-order valence-electron chi connectivity index (χ0n) is 12.4. The van der Waals surface area contributed by atoms with Crippen LogP contribution in [-0.4, -0.2) is 29.9 Å². The van der Waals surface area contributed by atoms with Crippen LogP contribution < -0.4 is 15.0 Å². The average molecular weight is 317 g/mol. The molecule has 0 saturated heterocycles. The Labute approximate surface area is 131 Å². The number of rotatable bonds is 2. The Kier molecular flexibility index (Phi) is 3.58. The Morgan fingerprint density at radius 3 is 2.91 bits per heavy atom. The highest BCUT2D eigenvalue weighted by molar-refractivity contribution is 7.13. The van der Waals surface area contributed by atoms with E-state index >= 15 is 0 Å². The van der Waals surface area contributed by atoms with E-state index in [-0.39, 0.29) is 11.8 Å². The third-order valence-corrected chi connectivity index (χ3v) is 4.28. The summed E-state index contributed by atoms with van der Waals surface area (Å²) < 4.78 is 5.54. The SMILES string of the molecule is Cc1csc(NC(=O)c2ccc3c(c2)N(C)C(=O)C(C)O3)n1. The number of aryl methyl sites for hydroxylation is 1. The Morgan fingerprint density at radius 1 is 1.45 bits per heavy atom. The molecule has 114 valence electrons. The van der Waals surface area contributed by atoms with E-state index in [1.54, 1.807) is 32.2 Å². The van der Waals surface area contributed by atoms with Crippen LogP contribution in [0.4, 0.5) is 10.8 Å². The van der Waals surface area contributed by atoms with Crippen molar-refractivity contribution >= 4 is 34.0 Å². The standard InChI is InChI=1S/C15H15N3O3S/c1-8-7-22-15(16-8)17-13(19)10-4-5-12-11(6-10)18(3)14(20)9(2)21-12/h4-7,9H,1-3H3,(H,16,17,19). The van der Waals surface area contributed by atoms with Gasteiger partial charge in [0, 0.05) is 18.0 Å². The minimum absolute atomic E-state index is 0.138. The number of carbonyl (C=O) groups excluding carboxylic acids is 2. The number of hydrogen-bond donors (Lipinski definition) is 1. The van der Waals surface area contributed by atoms with Crippen LogP contribution >= 0.6 is 11.3 Å². The second kappa shape index (κ2) is 5.42. The molecule has 0 aliphatic carbocycles. The zero-order chi connectivity index (χ0) is 15.9. The minimum Gasteiger partial charge on any atom is -0.479 e. The maximum Gasteiger partial charge on any atom is 0.267 e. The number of ether oxygens (including phenoxy) is 1. The monoisotopic (exact) mass is 317 g/mol. The number of aromatic nitrogens is 1. The molecule has 2 amide bonds. The Hall–Kier alpha value is -2.41. The molecule has 1 unspecified atom stereocenters. The Bertz CT molecular complexity index is 756. The molecular formula is C15H15N3O3S. The van der Waals surface area contributed by atoms with Crippen molar-refractivity contribution in [1.82, 2.24) is 4.98 Å². The molecule has 1 aliphatic rings. The fourth-order valence-corrected chi connectivity index (χ4v) is 2.92. The lowest BCUT2D eigenvalue weighted by Gasteiger charge is -2.30. The van der Waals surface area contributed by atoms with Gasteiger partial charge < -0.3 is 9.64 Å². The van der Waals surface area contributed by atoms with E-state index in [0.717, 1.165) is 5.69 Å². The van der Waals surface area contributed by atoms with Crippen LogP contribution in [0.2, 0.25) is 0 Å². The molecule has 1 atom stereocenters. The number of carbonyl (C=O) groups is 2. The molecule has 1 N–H and O–H groups in total. The van der Waals surface area contributed by atoms with Crippen LogP contribution in [0, 0.1) is 6.92 Å². The maximum absolute atomic E-state index is 12.3. The van der Waals surface area contributed by atoms with Gasteiger partial charge in [-0.15, -0.1) is 11.3 Å². The number of thiazole rings is 1. The number of amides is 2. The predicted octanol–water partition coefficient (Wildman–Crippen LogP) is 2.45. The van der Waals surface area contributed by atoms with E-state index in [1.165, 1.54) is 16.2 Å². The summed E-state index contributed by atoms with van der Waals surface area (Å²) in [6.45, 7) is 3.57. The van der Waals surface area contributed by atoms with Crippen LogP contribution in [-0.2, 0) is 4.79 Å². The lowest BCUT2D eigenvalue weighted by molar-refractivity contribution is -0.125. The van der Waals surface area contributed by atoms with Crippen molar-refractivity contribution < 1.29 is 14.3 Å². The summed E-state index contributed by atoms with van der Waals surface area (Å²) >= 11 is 1.37. The molecule has 1 aliphatic heterocycles. The number of likely N-dealkylation sites (N-methyl/N-ethyl adjacent to an activating group) is 1. The van der Waals surface area contributed by atoms with Gasteiger partial charge in [0.15, 0.2) is 11.2 Å². The molecule has 2 heterocycles. The topological polar surface area (TPSA) is 71.5 Å². The predicted molar refractivity (Wildman–Crippen MR) is 84.7 cm³/mol. The van der Waals surface area contributed by atoms with Gasteiger partial charge in [-0.05, 0) is 32.0 Å². The molecule has 3 rings (SSSR count). The van der Waals surface area contributed by atoms with E-state index in [2.05, 4.69) is 10.3 Å². The summed E-state index contributed by atoms with van der Waals surface area (Å²) in [4.78, 5) is 29.9. The summed E-state index contributed by atoms with van der Waals surface area (Å²) in [6.07, 6.45) is -0.518. The number of nitrogens with one attached hydrogen (secondary N) is 1. The minimum atomic E-state index is -0.518. The van der Waals surface area contributed by atoms with E-state index < -0.39 is 6.10 Å². The molecular weight excluding hydrogens is 302 g/mol. The van der Waals surface area contributed by atoms with Crippen molar-refractivity contribution in [2.45, 2.75) is 20.0 Å². The highest BCUT2D eigenvalue weighted by atomic mass is 32.1. The van der Waals surface area contributed by atoms with Crippen LogP contribution in [0.3, 0.4) is 0 Å². The van der Waals surface area contributed by atoms with Gasteiger partial charge in [-0.2, -0.15) is 0 Å². The molecule has 1 aromatic heterocycles. The normalized spacial score (nSPS) is 17.0. The fourth-order valence-electron chi connectivity index (χ4n) is 2.23. The first-order chi connectivity index (χ1) is 10.5. The van der Waals surface area contributed by atoms with E-state index in [9.17, 15) is 9.59 Å². The van der Waals surface area contributed by atoms with Crippen LogP contribution in [0.5, 0.6) is 5.75 Å². The summed E-state index contributed by atoms with van der Waals surface area (Å²) in [6, 6.07) is 5.02. The van der Waals surface area contributed by atoms with Crippen molar-refractivity contribution in [3.8, 4) is 5.75 Å². The molecule has 0 saturated carbocycles. The number of fused-ring (bicyclic) bond motifs is 1. The number of hydrogen-bond acceptors (Lipinski definition) is 5. The molecule has 0 radical (unpaired) electrons.